The van der Waals surface area contributed by atoms with Crippen molar-refractivity contribution in [3.63, 3.8) is 0 Å². The van der Waals surface area contributed by atoms with Crippen molar-refractivity contribution in [3.05, 3.63) is 29.1 Å². The van der Waals surface area contributed by atoms with E-state index < -0.39 is 0 Å². The van der Waals surface area contributed by atoms with Crippen LogP contribution in [-0.4, -0.2) is 25.7 Å². The minimum atomic E-state index is -0.0911. The van der Waals surface area contributed by atoms with Crippen LogP contribution in [0, 0.1) is 19.7 Å². The predicted octanol–water partition coefficient (Wildman–Crippen LogP) is 2.24. The maximum absolute atomic E-state index is 14.0. The van der Waals surface area contributed by atoms with Crippen molar-refractivity contribution in [2.45, 2.75) is 26.8 Å². The molecule has 1 fully saturated rings. The molecule has 1 N–H and O–H groups in total. The Balaban J connectivity index is 2.32. The number of benzene rings is 1. The van der Waals surface area contributed by atoms with Gasteiger partial charge in [-0.2, -0.15) is 0 Å². The molecular formula is C13H19FN2. The Morgan fingerprint density at radius 2 is 2.12 bits per heavy atom. The van der Waals surface area contributed by atoms with Gasteiger partial charge in [0.1, 0.15) is 5.82 Å². The summed E-state index contributed by atoms with van der Waals surface area (Å²) in [6.07, 6.45) is 0. The molecule has 3 heteroatoms. The molecule has 0 aromatic heterocycles. The Labute approximate surface area is 96.5 Å². The Morgan fingerprint density at radius 1 is 1.38 bits per heavy atom. The smallest absolute Gasteiger partial charge is 0.147 e. The molecule has 0 bridgehead atoms. The zero-order valence-corrected chi connectivity index (χ0v) is 10.2. The molecular weight excluding hydrogens is 203 g/mol. The minimum absolute atomic E-state index is 0.0911. The van der Waals surface area contributed by atoms with Crippen molar-refractivity contribution < 1.29 is 4.39 Å². The average molecular weight is 222 g/mol. The third kappa shape index (κ3) is 2.19. The number of nitrogens with zero attached hydrogens (tertiary/aromatic N) is 1. The van der Waals surface area contributed by atoms with Crippen LogP contribution in [0.3, 0.4) is 0 Å². The zero-order valence-electron chi connectivity index (χ0n) is 10.2. The number of hydrogen-bond acceptors (Lipinski definition) is 2. The highest BCUT2D eigenvalue weighted by molar-refractivity contribution is 5.56. The molecule has 1 aromatic rings. The van der Waals surface area contributed by atoms with Gasteiger partial charge in [0.2, 0.25) is 0 Å². The average Bonchev–Trinajstić information content (AvgIpc) is 2.15. The van der Waals surface area contributed by atoms with Gasteiger partial charge in [-0.05, 0) is 38.0 Å². The Morgan fingerprint density at radius 3 is 2.75 bits per heavy atom. The molecule has 88 valence electrons. The summed E-state index contributed by atoms with van der Waals surface area (Å²) in [5.41, 5.74) is 2.80. The number of nitrogens with one attached hydrogen (secondary N) is 1. The van der Waals surface area contributed by atoms with Crippen LogP contribution in [0.2, 0.25) is 0 Å². The SMILES string of the molecule is Cc1cc(C)c(N2CCNC(C)C2)c(F)c1. The fourth-order valence-corrected chi connectivity index (χ4v) is 2.44. The molecule has 16 heavy (non-hydrogen) atoms. The lowest BCUT2D eigenvalue weighted by Crippen LogP contribution is -2.49. The summed E-state index contributed by atoms with van der Waals surface area (Å²) >= 11 is 0. The summed E-state index contributed by atoms with van der Waals surface area (Å²) < 4.78 is 14.0. The Hall–Kier alpha value is -1.09. The van der Waals surface area contributed by atoms with Gasteiger partial charge in [-0.1, -0.05) is 6.07 Å². The lowest BCUT2D eigenvalue weighted by atomic mass is 10.1. The fourth-order valence-electron chi connectivity index (χ4n) is 2.44. The van der Waals surface area contributed by atoms with Crippen LogP contribution < -0.4 is 10.2 Å². The highest BCUT2D eigenvalue weighted by Crippen LogP contribution is 2.26. The van der Waals surface area contributed by atoms with Crippen LogP contribution in [0.5, 0.6) is 0 Å². The van der Waals surface area contributed by atoms with Crippen LogP contribution in [0.1, 0.15) is 18.1 Å². The van der Waals surface area contributed by atoms with E-state index in [1.807, 2.05) is 19.9 Å². The predicted molar refractivity (Wildman–Crippen MR) is 65.6 cm³/mol. The normalized spacial score (nSPS) is 21.2. The Bertz CT molecular complexity index is 367. The second kappa shape index (κ2) is 4.42. The monoisotopic (exact) mass is 222 g/mol. The molecule has 0 radical (unpaired) electrons. The van der Waals surface area contributed by atoms with Gasteiger partial charge in [-0.15, -0.1) is 0 Å². The number of hydrogen-bond donors (Lipinski definition) is 1. The van der Waals surface area contributed by atoms with Crippen molar-refractivity contribution in [1.29, 1.82) is 0 Å². The van der Waals surface area contributed by atoms with E-state index in [4.69, 9.17) is 0 Å². The van der Waals surface area contributed by atoms with E-state index in [-0.39, 0.29) is 5.82 Å². The van der Waals surface area contributed by atoms with Crippen molar-refractivity contribution in [1.82, 2.24) is 5.32 Å². The molecule has 1 heterocycles. The minimum Gasteiger partial charge on any atom is -0.366 e. The largest absolute Gasteiger partial charge is 0.366 e. The van der Waals surface area contributed by atoms with Gasteiger partial charge >= 0.3 is 0 Å². The van der Waals surface area contributed by atoms with Crippen LogP contribution in [0.25, 0.3) is 0 Å². The summed E-state index contributed by atoms with van der Waals surface area (Å²) in [6, 6.07) is 4.09. The van der Waals surface area contributed by atoms with E-state index in [0.717, 1.165) is 36.4 Å². The van der Waals surface area contributed by atoms with Gasteiger partial charge in [0, 0.05) is 25.7 Å². The standard InChI is InChI=1S/C13H19FN2/c1-9-6-10(2)13(12(14)7-9)16-5-4-15-11(3)8-16/h6-7,11,15H,4-5,8H2,1-3H3. The molecule has 1 aliphatic heterocycles. The first-order valence-electron chi connectivity index (χ1n) is 5.83. The first kappa shape index (κ1) is 11.4. The maximum atomic E-state index is 14.0. The van der Waals surface area contributed by atoms with Crippen LogP contribution in [0.15, 0.2) is 12.1 Å². The highest BCUT2D eigenvalue weighted by Gasteiger charge is 2.20. The molecule has 1 saturated heterocycles. The second-order valence-corrected chi connectivity index (χ2v) is 4.71. The van der Waals surface area contributed by atoms with Gasteiger partial charge in [0.25, 0.3) is 0 Å². The molecule has 0 spiro atoms. The number of piperazine rings is 1. The summed E-state index contributed by atoms with van der Waals surface area (Å²) in [5.74, 6) is -0.0911. The number of aryl methyl sites for hydroxylation is 2. The van der Waals surface area contributed by atoms with Crippen molar-refractivity contribution in [3.8, 4) is 0 Å². The van der Waals surface area contributed by atoms with Gasteiger partial charge in [-0.3, -0.25) is 0 Å². The third-order valence-electron chi connectivity index (χ3n) is 3.08. The molecule has 1 aliphatic rings. The molecule has 1 atom stereocenters. The zero-order chi connectivity index (χ0) is 11.7. The quantitative estimate of drug-likeness (QED) is 0.784. The van der Waals surface area contributed by atoms with Crippen molar-refractivity contribution in [2.75, 3.05) is 24.5 Å². The summed E-state index contributed by atoms with van der Waals surface area (Å²) in [5, 5.41) is 3.37. The van der Waals surface area contributed by atoms with Crippen molar-refractivity contribution >= 4 is 5.69 Å². The molecule has 0 aliphatic carbocycles. The van der Waals surface area contributed by atoms with Gasteiger partial charge in [0.15, 0.2) is 0 Å². The number of rotatable bonds is 1. The van der Waals surface area contributed by atoms with E-state index in [2.05, 4.69) is 17.1 Å². The van der Waals surface area contributed by atoms with E-state index in [1.54, 1.807) is 6.07 Å². The van der Waals surface area contributed by atoms with E-state index in [0.29, 0.717) is 6.04 Å². The van der Waals surface area contributed by atoms with Crippen molar-refractivity contribution in [2.24, 2.45) is 0 Å². The van der Waals surface area contributed by atoms with E-state index in [9.17, 15) is 4.39 Å². The molecule has 2 nitrogen and oxygen atoms in total. The van der Waals surface area contributed by atoms with E-state index in [1.165, 1.54) is 0 Å². The van der Waals surface area contributed by atoms with Crippen LogP contribution in [0.4, 0.5) is 10.1 Å². The van der Waals surface area contributed by atoms with E-state index >= 15 is 0 Å². The number of anilines is 1. The topological polar surface area (TPSA) is 15.3 Å². The third-order valence-corrected chi connectivity index (χ3v) is 3.08. The number of halogens is 1. The fraction of sp³-hybridized carbons (Fsp3) is 0.538. The van der Waals surface area contributed by atoms with Crippen LogP contribution >= 0.6 is 0 Å². The molecule has 0 amide bonds. The first-order chi connectivity index (χ1) is 7.58. The van der Waals surface area contributed by atoms with Gasteiger partial charge < -0.3 is 10.2 Å². The summed E-state index contributed by atoms with van der Waals surface area (Å²) in [6.45, 7) is 8.73. The lowest BCUT2D eigenvalue weighted by molar-refractivity contribution is 0.478. The lowest BCUT2D eigenvalue weighted by Gasteiger charge is -2.34. The molecule has 1 aromatic carbocycles. The molecule has 2 rings (SSSR count). The van der Waals surface area contributed by atoms with Gasteiger partial charge in [0.05, 0.1) is 5.69 Å². The van der Waals surface area contributed by atoms with Crippen LogP contribution in [-0.2, 0) is 0 Å². The summed E-state index contributed by atoms with van der Waals surface area (Å²) in [4.78, 5) is 2.14. The van der Waals surface area contributed by atoms with Gasteiger partial charge in [-0.25, -0.2) is 4.39 Å². The highest BCUT2D eigenvalue weighted by atomic mass is 19.1. The molecule has 1 unspecified atom stereocenters. The summed E-state index contributed by atoms with van der Waals surface area (Å²) in [7, 11) is 0. The molecule has 0 saturated carbocycles. The Kier molecular flexibility index (Phi) is 3.15. The first-order valence-corrected chi connectivity index (χ1v) is 5.83. The second-order valence-electron chi connectivity index (χ2n) is 4.71. The maximum Gasteiger partial charge on any atom is 0.147 e.